The second-order valence-corrected chi connectivity index (χ2v) is 3.98. The largest absolute Gasteiger partial charge is 0.392 e. The highest BCUT2D eigenvalue weighted by atomic mass is 16.3. The fourth-order valence-electron chi connectivity index (χ4n) is 1.98. The Bertz CT molecular complexity index is 589. The third-order valence-electron chi connectivity index (χ3n) is 2.87. The molecule has 2 heterocycles. The first-order valence-electron chi connectivity index (χ1n) is 5.34. The minimum Gasteiger partial charge on any atom is -0.392 e. The molecule has 0 atom stereocenters. The van der Waals surface area contributed by atoms with Gasteiger partial charge in [0.05, 0.1) is 13.2 Å². The lowest BCUT2D eigenvalue weighted by Crippen LogP contribution is -2.13. The number of rotatable bonds is 1. The number of hydrogen-bond acceptors (Lipinski definition) is 3. The zero-order valence-corrected chi connectivity index (χ0v) is 9.05. The molecule has 1 aliphatic heterocycles. The maximum absolute atomic E-state index is 11.9. The average molecular weight is 229 g/mol. The van der Waals surface area contributed by atoms with Gasteiger partial charge in [0.25, 0.3) is 5.91 Å². The van der Waals surface area contributed by atoms with Crippen LogP contribution in [-0.2, 0) is 13.2 Å². The first-order chi connectivity index (χ1) is 8.28. The van der Waals surface area contributed by atoms with Crippen molar-refractivity contribution in [3.63, 3.8) is 0 Å². The van der Waals surface area contributed by atoms with E-state index in [0.717, 1.165) is 16.8 Å². The van der Waals surface area contributed by atoms with Gasteiger partial charge in [-0.2, -0.15) is 5.10 Å². The van der Waals surface area contributed by atoms with Crippen LogP contribution in [0, 0.1) is 0 Å². The number of hydrogen-bond donors (Lipinski definition) is 2. The van der Waals surface area contributed by atoms with Crippen LogP contribution in [-0.4, -0.2) is 20.8 Å². The fourth-order valence-corrected chi connectivity index (χ4v) is 1.98. The number of aliphatic hydroxyl groups excluding tert-OH is 1. The molecule has 0 saturated carbocycles. The first-order valence-corrected chi connectivity index (χ1v) is 5.34. The van der Waals surface area contributed by atoms with E-state index in [4.69, 9.17) is 5.11 Å². The summed E-state index contributed by atoms with van der Waals surface area (Å²) in [5.41, 5.74) is 3.06. The number of fused-ring (bicyclic) bond motifs is 2. The summed E-state index contributed by atoms with van der Waals surface area (Å²) in [4.78, 5) is 11.9. The number of benzene rings is 1. The molecule has 1 aliphatic rings. The van der Waals surface area contributed by atoms with Crippen molar-refractivity contribution in [2.24, 2.45) is 0 Å². The summed E-state index contributed by atoms with van der Waals surface area (Å²) in [5.74, 6) is -0.170. The molecule has 0 radical (unpaired) electrons. The summed E-state index contributed by atoms with van der Waals surface area (Å²) >= 11 is 0. The number of aliphatic hydroxyl groups is 1. The summed E-state index contributed by atoms with van der Waals surface area (Å²) in [7, 11) is 0. The zero-order chi connectivity index (χ0) is 11.8. The van der Waals surface area contributed by atoms with Gasteiger partial charge in [0.15, 0.2) is 0 Å². The van der Waals surface area contributed by atoms with Crippen LogP contribution in [0.15, 0.2) is 30.5 Å². The van der Waals surface area contributed by atoms with Crippen LogP contribution in [0.3, 0.4) is 0 Å². The number of amides is 1. The quantitative estimate of drug-likeness (QED) is 0.766. The summed E-state index contributed by atoms with van der Waals surface area (Å²) in [6.07, 6.45) is 1.61. The van der Waals surface area contributed by atoms with Gasteiger partial charge in [-0.05, 0) is 23.3 Å². The third-order valence-corrected chi connectivity index (χ3v) is 2.87. The van der Waals surface area contributed by atoms with Gasteiger partial charge in [-0.25, -0.2) is 0 Å². The van der Waals surface area contributed by atoms with Crippen molar-refractivity contribution in [3.8, 4) is 0 Å². The second kappa shape index (κ2) is 3.71. The molecule has 86 valence electrons. The molecule has 0 aliphatic carbocycles. The van der Waals surface area contributed by atoms with Crippen LogP contribution in [0.1, 0.15) is 21.6 Å². The summed E-state index contributed by atoms with van der Waals surface area (Å²) in [6, 6.07) is 7.23. The Labute approximate surface area is 97.7 Å². The number of nitrogens with zero attached hydrogens (tertiary/aromatic N) is 2. The van der Waals surface area contributed by atoms with Crippen molar-refractivity contribution < 1.29 is 9.90 Å². The SMILES string of the molecule is O=C1Nc2cc(CO)ccc2Cn2nccc21. The maximum Gasteiger partial charge on any atom is 0.273 e. The number of carbonyl (C=O) groups is 1. The summed E-state index contributed by atoms with van der Waals surface area (Å²) in [5, 5.41) is 16.0. The Balaban J connectivity index is 2.10. The van der Waals surface area contributed by atoms with Crippen LogP contribution in [0.2, 0.25) is 0 Å². The highest BCUT2D eigenvalue weighted by molar-refractivity contribution is 6.04. The molecule has 2 N–H and O–H groups in total. The lowest BCUT2D eigenvalue weighted by molar-refractivity contribution is 0.101. The molecular formula is C12H11N3O2. The molecule has 1 amide bonds. The van der Waals surface area contributed by atoms with Crippen LogP contribution < -0.4 is 5.32 Å². The molecule has 2 aromatic rings. The topological polar surface area (TPSA) is 67.2 Å². The van der Waals surface area contributed by atoms with Gasteiger partial charge in [0.2, 0.25) is 0 Å². The normalized spacial score (nSPS) is 13.6. The van der Waals surface area contributed by atoms with E-state index < -0.39 is 0 Å². The molecule has 17 heavy (non-hydrogen) atoms. The molecule has 0 fully saturated rings. The van der Waals surface area contributed by atoms with Gasteiger partial charge in [0.1, 0.15) is 5.69 Å². The smallest absolute Gasteiger partial charge is 0.273 e. The molecule has 0 bridgehead atoms. The van der Waals surface area contributed by atoms with Gasteiger partial charge in [-0.15, -0.1) is 0 Å². The van der Waals surface area contributed by atoms with Gasteiger partial charge in [-0.3, -0.25) is 9.48 Å². The van der Waals surface area contributed by atoms with E-state index in [1.165, 1.54) is 0 Å². The molecule has 5 heteroatoms. The average Bonchev–Trinajstić information content (AvgIpc) is 2.75. The van der Waals surface area contributed by atoms with E-state index in [1.807, 2.05) is 12.1 Å². The molecule has 5 nitrogen and oxygen atoms in total. The number of anilines is 1. The van der Waals surface area contributed by atoms with Gasteiger partial charge in [-0.1, -0.05) is 12.1 Å². The van der Waals surface area contributed by atoms with Crippen LogP contribution in [0.25, 0.3) is 0 Å². The van der Waals surface area contributed by atoms with Crippen molar-refractivity contribution in [1.82, 2.24) is 9.78 Å². The number of nitrogens with one attached hydrogen (secondary N) is 1. The predicted molar refractivity (Wildman–Crippen MR) is 61.6 cm³/mol. The lowest BCUT2D eigenvalue weighted by atomic mass is 10.1. The van der Waals surface area contributed by atoms with Crippen LogP contribution in [0.4, 0.5) is 5.69 Å². The standard InChI is InChI=1S/C12H11N3O2/c16-7-8-1-2-9-6-15-11(3-4-13-15)12(17)14-10(9)5-8/h1-5,16H,6-7H2,(H,14,17). The van der Waals surface area contributed by atoms with E-state index in [-0.39, 0.29) is 12.5 Å². The third kappa shape index (κ3) is 1.60. The van der Waals surface area contributed by atoms with Crippen LogP contribution in [0.5, 0.6) is 0 Å². The highest BCUT2D eigenvalue weighted by Gasteiger charge is 2.19. The maximum atomic E-state index is 11.9. The first kappa shape index (κ1) is 10.0. The van der Waals surface area contributed by atoms with Crippen molar-refractivity contribution in [2.75, 3.05) is 5.32 Å². The Morgan fingerprint density at radius 2 is 2.29 bits per heavy atom. The van der Waals surface area contributed by atoms with Crippen LogP contribution >= 0.6 is 0 Å². The highest BCUT2D eigenvalue weighted by Crippen LogP contribution is 2.23. The van der Waals surface area contributed by atoms with E-state index in [1.54, 1.807) is 23.0 Å². The minimum atomic E-state index is -0.170. The Hall–Kier alpha value is -2.14. The van der Waals surface area contributed by atoms with Crippen molar-refractivity contribution >= 4 is 11.6 Å². The Morgan fingerprint density at radius 3 is 3.12 bits per heavy atom. The number of aromatic nitrogens is 2. The lowest BCUT2D eigenvalue weighted by Gasteiger charge is -2.07. The monoisotopic (exact) mass is 229 g/mol. The van der Waals surface area contributed by atoms with Crippen molar-refractivity contribution in [2.45, 2.75) is 13.2 Å². The second-order valence-electron chi connectivity index (χ2n) is 3.98. The van der Waals surface area contributed by atoms with Gasteiger partial charge in [0, 0.05) is 11.9 Å². The summed E-state index contributed by atoms with van der Waals surface area (Å²) in [6.45, 7) is 0.524. The molecular weight excluding hydrogens is 218 g/mol. The Morgan fingerprint density at radius 1 is 1.41 bits per heavy atom. The fraction of sp³-hybridized carbons (Fsp3) is 0.167. The molecule has 3 rings (SSSR count). The minimum absolute atomic E-state index is 0.0340. The van der Waals surface area contributed by atoms with Gasteiger partial charge >= 0.3 is 0 Å². The molecule has 1 aromatic carbocycles. The number of carbonyl (C=O) groups excluding carboxylic acids is 1. The van der Waals surface area contributed by atoms with Crippen molar-refractivity contribution in [3.05, 3.63) is 47.3 Å². The molecule has 0 saturated heterocycles. The molecule has 1 aromatic heterocycles. The van der Waals surface area contributed by atoms with E-state index in [2.05, 4.69) is 10.4 Å². The molecule has 0 spiro atoms. The Kier molecular flexibility index (Phi) is 2.19. The van der Waals surface area contributed by atoms with E-state index >= 15 is 0 Å². The van der Waals surface area contributed by atoms with Gasteiger partial charge < -0.3 is 10.4 Å². The van der Waals surface area contributed by atoms with E-state index in [0.29, 0.717) is 12.2 Å². The predicted octanol–water partition coefficient (Wildman–Crippen LogP) is 0.989. The zero-order valence-electron chi connectivity index (χ0n) is 9.05. The van der Waals surface area contributed by atoms with E-state index in [9.17, 15) is 4.79 Å². The van der Waals surface area contributed by atoms with Crippen molar-refractivity contribution in [1.29, 1.82) is 0 Å². The molecule has 0 unspecified atom stereocenters. The summed E-state index contributed by atoms with van der Waals surface area (Å²) < 4.78 is 1.67.